The minimum atomic E-state index is -2.89. The fourth-order valence-corrected chi connectivity index (χ4v) is 9.93. The molecule has 0 amide bonds. The van der Waals surface area contributed by atoms with Gasteiger partial charge in [0.2, 0.25) is 31.5 Å². The van der Waals surface area contributed by atoms with Gasteiger partial charge in [0.05, 0.1) is 16.2 Å². The molecule has 3 saturated carbocycles. The fourth-order valence-electron chi connectivity index (χ4n) is 9.68. The molecule has 8 rings (SSSR count). The van der Waals surface area contributed by atoms with Crippen LogP contribution < -0.4 is 14.2 Å². The molecule has 0 bridgehead atoms. The van der Waals surface area contributed by atoms with Crippen molar-refractivity contribution in [3.8, 4) is 17.2 Å². The molecule has 0 unspecified atom stereocenters. The van der Waals surface area contributed by atoms with Crippen molar-refractivity contribution in [3.63, 3.8) is 0 Å². The maximum absolute atomic E-state index is 14.5. The Morgan fingerprint density at radius 1 is 0.462 bits per heavy atom. The van der Waals surface area contributed by atoms with E-state index in [1.807, 2.05) is 42.7 Å². The zero-order valence-electron chi connectivity index (χ0n) is 42.3. The molecule has 9 nitrogen and oxygen atoms in total. The third-order valence-electron chi connectivity index (χ3n) is 14.3. The summed E-state index contributed by atoms with van der Waals surface area (Å²) in [5.74, 6) is -13.8. The molecule has 3 fully saturated rings. The molecule has 3 aliphatic carbocycles. The molecule has 0 radical (unpaired) electrons. The Bertz CT molecular complexity index is 2770. The normalized spacial score (nSPS) is 18.3. The molecule has 5 aromatic carbocycles. The second kappa shape index (κ2) is 26.4. The van der Waals surface area contributed by atoms with Gasteiger partial charge in [-0.2, -0.15) is 0 Å². The van der Waals surface area contributed by atoms with E-state index in [1.54, 1.807) is 30.3 Å². The van der Waals surface area contributed by atoms with E-state index >= 15 is 0 Å². The van der Waals surface area contributed by atoms with E-state index in [9.17, 15) is 67.8 Å². The van der Waals surface area contributed by atoms with Crippen LogP contribution in [0, 0.1) is 17.5 Å². The van der Waals surface area contributed by atoms with Crippen molar-refractivity contribution in [2.24, 2.45) is 0 Å². The van der Waals surface area contributed by atoms with Crippen LogP contribution in [-0.4, -0.2) is 66.7 Å². The summed E-state index contributed by atoms with van der Waals surface area (Å²) in [7, 11) is 0. The number of rotatable bonds is 17. The molecule has 0 saturated heterocycles. The zero-order valence-corrected chi connectivity index (χ0v) is 43.1. The van der Waals surface area contributed by atoms with Crippen molar-refractivity contribution < 1.29 is 91.5 Å². The average Bonchev–Trinajstić information content (AvgIpc) is 3.58. The number of alkyl halides is 8. The van der Waals surface area contributed by atoms with Crippen molar-refractivity contribution >= 4 is 29.7 Å². The first-order chi connectivity index (χ1) is 37.0. The molecule has 78 heavy (non-hydrogen) atoms. The summed E-state index contributed by atoms with van der Waals surface area (Å²) in [6.45, 7) is -2.39. The molecule has 0 heterocycles. The Morgan fingerprint density at radius 3 is 1.06 bits per heavy atom. The largest absolute Gasteiger partial charge is 0.481 e. The Balaban J connectivity index is 0.000000192. The number of halogens is 11. The summed E-state index contributed by atoms with van der Waals surface area (Å²) in [4.78, 5) is 37.5. The van der Waals surface area contributed by atoms with Gasteiger partial charge in [0.15, 0.2) is 34.7 Å². The molecule has 0 aliphatic heterocycles. The highest BCUT2D eigenvalue weighted by atomic mass is 32.2. The summed E-state index contributed by atoms with van der Waals surface area (Å²) in [5, 5.41) is 9.42. The Morgan fingerprint density at radius 2 is 0.769 bits per heavy atom. The van der Waals surface area contributed by atoms with Crippen molar-refractivity contribution in [2.75, 3.05) is 25.9 Å². The number of ether oxygens (including phenoxy) is 5. The number of thioether (sulfide) groups is 1. The van der Waals surface area contributed by atoms with E-state index in [2.05, 4.69) is 9.47 Å². The average molecular weight is 1130 g/mol. The molecule has 0 aromatic heterocycles. The molecular weight excluding hydrogens is 1070 g/mol. The quantitative estimate of drug-likeness (QED) is 0.0548. The van der Waals surface area contributed by atoms with Crippen LogP contribution in [0.25, 0.3) is 0 Å². The lowest BCUT2D eigenvalue weighted by Crippen LogP contribution is -2.43. The lowest BCUT2D eigenvalue weighted by molar-refractivity contribution is -0.158. The van der Waals surface area contributed by atoms with Crippen molar-refractivity contribution in [2.45, 2.75) is 124 Å². The second-order valence-corrected chi connectivity index (χ2v) is 20.0. The zero-order chi connectivity index (χ0) is 56.8. The van der Waals surface area contributed by atoms with Crippen molar-refractivity contribution in [3.05, 3.63) is 161 Å². The van der Waals surface area contributed by atoms with E-state index in [0.717, 1.165) is 29.3 Å². The molecule has 422 valence electrons. The lowest BCUT2D eigenvalue weighted by Gasteiger charge is -2.38. The number of hydrogen-bond donors (Lipinski definition) is 1. The summed E-state index contributed by atoms with van der Waals surface area (Å²) >= 11 is 1.40. The van der Waals surface area contributed by atoms with Crippen molar-refractivity contribution in [1.82, 2.24) is 0 Å². The molecule has 21 heteroatoms. The number of carboxylic acids is 1. The predicted octanol–water partition coefficient (Wildman–Crippen LogP) is 14.7. The van der Waals surface area contributed by atoms with Crippen LogP contribution >= 0.6 is 11.8 Å². The van der Waals surface area contributed by atoms with Gasteiger partial charge in [-0.15, -0.1) is 11.8 Å². The highest BCUT2D eigenvalue weighted by Gasteiger charge is 2.52. The third kappa shape index (κ3) is 15.2. The first-order valence-electron chi connectivity index (χ1n) is 24.7. The molecule has 3 aliphatic rings. The van der Waals surface area contributed by atoms with E-state index in [0.29, 0.717) is 5.56 Å². The van der Waals surface area contributed by atoms with Gasteiger partial charge in [0.25, 0.3) is 0 Å². The Kier molecular flexibility index (Phi) is 20.6. The maximum atomic E-state index is 14.5. The van der Waals surface area contributed by atoms with Gasteiger partial charge in [-0.05, 0) is 109 Å². The number of esters is 2. The standard InChI is InChI=1S/C22H23F3O3S.C21H20F4O3.C14H14F4O3/c1-29-15-28-19-8-7-17(13-18(19)23)21(9-11-22(24,25)12-10-21)20(26)27-14-16-5-3-2-4-6-16;22-14-28-18-7-6-16(12-17(18)23)20(8-10-21(24,25)11-9-20)19(26)27-13-15-4-2-1-3-5-15;15-8-21-11-2-1-9(7-10(11)16)13(12(19)20)3-5-14(17,18)6-4-13/h2-8,13H,9-12,14-15H2,1H3;1-7,12H,8-11,13-14H2;1-2,7H,3-6,8H2,(H,19,20). The van der Waals surface area contributed by atoms with Gasteiger partial charge >= 0.3 is 17.9 Å². The fraction of sp³-hybridized carbons (Fsp3) is 0.421. The van der Waals surface area contributed by atoms with Crippen LogP contribution in [0.5, 0.6) is 17.2 Å². The third-order valence-corrected chi connectivity index (χ3v) is 14.7. The van der Waals surface area contributed by atoms with Gasteiger partial charge in [-0.1, -0.05) is 78.9 Å². The number of hydrogen-bond acceptors (Lipinski definition) is 9. The van der Waals surface area contributed by atoms with Gasteiger partial charge in [-0.3, -0.25) is 14.4 Å². The van der Waals surface area contributed by atoms with Gasteiger partial charge in [-0.25, -0.2) is 48.3 Å². The first kappa shape index (κ1) is 60.7. The van der Waals surface area contributed by atoms with Crippen LogP contribution in [0.1, 0.15) is 105 Å². The van der Waals surface area contributed by atoms with Crippen LogP contribution in [0.2, 0.25) is 0 Å². The lowest BCUT2D eigenvalue weighted by atomic mass is 9.68. The van der Waals surface area contributed by atoms with E-state index in [4.69, 9.17) is 14.2 Å². The second-order valence-electron chi connectivity index (χ2n) is 19.2. The Labute approximate surface area is 447 Å². The van der Waals surface area contributed by atoms with Crippen molar-refractivity contribution in [1.29, 1.82) is 0 Å². The van der Waals surface area contributed by atoms with Gasteiger partial charge < -0.3 is 28.8 Å². The molecule has 1 N–H and O–H groups in total. The molecular formula is C57H57F11O9S. The number of carbonyl (C=O) groups is 3. The van der Waals surface area contributed by atoms with E-state index in [-0.39, 0.29) is 86.1 Å². The van der Waals surface area contributed by atoms with Crippen LogP contribution in [0.4, 0.5) is 48.3 Å². The summed E-state index contributed by atoms with van der Waals surface area (Å²) < 4.78 is 174. The molecule has 5 aromatic rings. The van der Waals surface area contributed by atoms with Gasteiger partial charge in [0, 0.05) is 38.5 Å². The SMILES string of the molecule is CSCOc1ccc(C2(C(=O)OCc3ccccc3)CCC(F)(F)CC2)cc1F.O=C(O)C1(c2ccc(OCF)c(F)c2)CCC(F)(F)CC1.O=C(OCc1ccccc1)C1(c2ccc(OCF)c(F)c2)CCC(F)(F)CC1. The predicted molar refractivity (Wildman–Crippen MR) is 267 cm³/mol. The molecule has 0 atom stereocenters. The highest BCUT2D eigenvalue weighted by Crippen LogP contribution is 2.50. The minimum Gasteiger partial charge on any atom is -0.481 e. The number of carboxylic acid groups (broad SMARTS) is 1. The first-order valence-corrected chi connectivity index (χ1v) is 26.1. The molecule has 0 spiro atoms. The number of carbonyl (C=O) groups excluding carboxylic acids is 2. The summed E-state index contributed by atoms with van der Waals surface area (Å²) in [6, 6.07) is 29.3. The number of benzene rings is 5. The summed E-state index contributed by atoms with van der Waals surface area (Å²) in [6.07, 6.45) is -2.30. The number of aliphatic carboxylic acids is 1. The summed E-state index contributed by atoms with van der Waals surface area (Å²) in [5.41, 5.74) is -2.01. The smallest absolute Gasteiger partial charge is 0.316 e. The Hall–Kier alpha value is -6.51. The highest BCUT2D eigenvalue weighted by molar-refractivity contribution is 7.98. The maximum Gasteiger partial charge on any atom is 0.316 e. The topological polar surface area (TPSA) is 118 Å². The van der Waals surface area contributed by atoms with E-state index < -0.39 is 122 Å². The monoisotopic (exact) mass is 1130 g/mol. The van der Waals surface area contributed by atoms with E-state index in [1.165, 1.54) is 42.1 Å². The van der Waals surface area contributed by atoms with Crippen LogP contribution in [0.15, 0.2) is 115 Å². The van der Waals surface area contributed by atoms with Crippen LogP contribution in [0.3, 0.4) is 0 Å². The van der Waals surface area contributed by atoms with Gasteiger partial charge in [0.1, 0.15) is 19.2 Å². The van der Waals surface area contributed by atoms with Crippen LogP contribution in [-0.2, 0) is 53.3 Å². The minimum absolute atomic E-state index is 0.0106.